The number of hydrogen-bond donors (Lipinski definition) is 4. The highest BCUT2D eigenvalue weighted by atomic mass is 32.2. The molecule has 0 aromatic rings. The highest BCUT2D eigenvalue weighted by molar-refractivity contribution is 8.04. The molecule has 196 valence electrons. The van der Waals surface area contributed by atoms with E-state index in [9.17, 15) is 29.4 Å². The van der Waals surface area contributed by atoms with Gasteiger partial charge >= 0.3 is 11.9 Å². The van der Waals surface area contributed by atoms with Crippen LogP contribution in [-0.4, -0.2) is 87.2 Å². The SMILES string of the molecule is CCC(C)NC(CSC1CCC1SCC(NC(=O)CCOCCC(=O)C(C)C)C(=O)O)C(=O)O. The van der Waals surface area contributed by atoms with Gasteiger partial charge in [-0.25, -0.2) is 4.79 Å². The zero-order valence-corrected chi connectivity index (χ0v) is 22.2. The van der Waals surface area contributed by atoms with E-state index in [2.05, 4.69) is 10.6 Å². The van der Waals surface area contributed by atoms with Crippen LogP contribution in [0.5, 0.6) is 0 Å². The number of carbonyl (C=O) groups excluding carboxylic acids is 2. The maximum atomic E-state index is 12.1. The van der Waals surface area contributed by atoms with Gasteiger partial charge in [0, 0.05) is 46.8 Å². The first-order chi connectivity index (χ1) is 16.0. The fraction of sp³-hybridized carbons (Fsp3) is 0.826. The number of hydrogen-bond acceptors (Lipinski definition) is 8. The second-order valence-corrected chi connectivity index (χ2v) is 11.4. The lowest BCUT2D eigenvalue weighted by atomic mass is 9.99. The average molecular weight is 521 g/mol. The second kappa shape index (κ2) is 16.4. The minimum absolute atomic E-state index is 0.0337. The number of aliphatic carboxylic acids is 2. The topological polar surface area (TPSA) is 142 Å². The molecule has 5 unspecified atom stereocenters. The van der Waals surface area contributed by atoms with E-state index in [1.54, 1.807) is 11.8 Å². The number of rotatable bonds is 19. The van der Waals surface area contributed by atoms with Crippen LogP contribution in [0.4, 0.5) is 0 Å². The van der Waals surface area contributed by atoms with Gasteiger partial charge in [-0.15, -0.1) is 0 Å². The summed E-state index contributed by atoms with van der Waals surface area (Å²) < 4.78 is 5.32. The van der Waals surface area contributed by atoms with Gasteiger partial charge in [-0.3, -0.25) is 14.4 Å². The molecule has 0 radical (unpaired) electrons. The van der Waals surface area contributed by atoms with Gasteiger partial charge in [0.15, 0.2) is 0 Å². The van der Waals surface area contributed by atoms with Crippen LogP contribution >= 0.6 is 23.5 Å². The Balaban J connectivity index is 2.35. The Labute approximate surface area is 210 Å². The first-order valence-electron chi connectivity index (χ1n) is 11.9. The molecule has 0 heterocycles. The summed E-state index contributed by atoms with van der Waals surface area (Å²) >= 11 is 3.13. The maximum Gasteiger partial charge on any atom is 0.327 e. The van der Waals surface area contributed by atoms with E-state index in [4.69, 9.17) is 4.74 Å². The van der Waals surface area contributed by atoms with E-state index in [0.717, 1.165) is 19.3 Å². The lowest BCUT2D eigenvalue weighted by molar-refractivity contribution is -0.141. The predicted molar refractivity (Wildman–Crippen MR) is 136 cm³/mol. The van der Waals surface area contributed by atoms with Crippen molar-refractivity contribution in [1.82, 2.24) is 10.6 Å². The van der Waals surface area contributed by atoms with E-state index < -0.39 is 29.9 Å². The van der Waals surface area contributed by atoms with Gasteiger partial charge in [0.2, 0.25) is 5.91 Å². The Morgan fingerprint density at radius 2 is 1.44 bits per heavy atom. The summed E-state index contributed by atoms with van der Waals surface area (Å²) in [6, 6.07) is -1.48. The van der Waals surface area contributed by atoms with Crippen LogP contribution in [0.25, 0.3) is 0 Å². The van der Waals surface area contributed by atoms with Crippen molar-refractivity contribution in [1.29, 1.82) is 0 Å². The molecule has 1 saturated carbocycles. The zero-order valence-electron chi connectivity index (χ0n) is 20.6. The molecule has 0 saturated heterocycles. The number of nitrogens with one attached hydrogen (secondary N) is 2. The number of ketones is 1. The molecule has 0 bridgehead atoms. The molecule has 1 aliphatic carbocycles. The third-order valence-corrected chi connectivity index (χ3v) is 8.95. The number of carboxylic acid groups (broad SMARTS) is 2. The Kier molecular flexibility index (Phi) is 14.8. The molecule has 0 aromatic heterocycles. The maximum absolute atomic E-state index is 12.1. The lowest BCUT2D eigenvalue weighted by Crippen LogP contribution is -2.45. The van der Waals surface area contributed by atoms with Crippen molar-refractivity contribution in [2.75, 3.05) is 24.7 Å². The molecule has 0 aromatic carbocycles. The van der Waals surface area contributed by atoms with Crippen LogP contribution in [0, 0.1) is 5.92 Å². The minimum atomic E-state index is -1.09. The van der Waals surface area contributed by atoms with Crippen molar-refractivity contribution in [3.8, 4) is 0 Å². The summed E-state index contributed by atoms with van der Waals surface area (Å²) in [6.07, 6.45) is 3.10. The largest absolute Gasteiger partial charge is 0.480 e. The smallest absolute Gasteiger partial charge is 0.327 e. The molecule has 4 N–H and O–H groups in total. The number of carbonyl (C=O) groups is 4. The third-order valence-electron chi connectivity index (χ3n) is 5.74. The third kappa shape index (κ3) is 11.9. The number of ether oxygens (including phenoxy) is 1. The predicted octanol–water partition coefficient (Wildman–Crippen LogP) is 2.42. The van der Waals surface area contributed by atoms with Crippen molar-refractivity contribution in [2.45, 2.75) is 88.4 Å². The molecular weight excluding hydrogens is 480 g/mol. The number of amides is 1. The van der Waals surface area contributed by atoms with E-state index in [-0.39, 0.29) is 53.6 Å². The minimum Gasteiger partial charge on any atom is -0.480 e. The quantitative estimate of drug-likeness (QED) is 0.188. The van der Waals surface area contributed by atoms with Gasteiger partial charge in [0.25, 0.3) is 0 Å². The van der Waals surface area contributed by atoms with Gasteiger partial charge < -0.3 is 25.6 Å². The fourth-order valence-electron chi connectivity index (χ4n) is 3.08. The fourth-order valence-corrected chi connectivity index (χ4v) is 6.20. The van der Waals surface area contributed by atoms with Gasteiger partial charge in [-0.05, 0) is 26.2 Å². The van der Waals surface area contributed by atoms with Crippen molar-refractivity contribution in [3.05, 3.63) is 0 Å². The highest BCUT2D eigenvalue weighted by Crippen LogP contribution is 2.40. The summed E-state index contributed by atoms with van der Waals surface area (Å²) in [5, 5.41) is 25.1. The van der Waals surface area contributed by atoms with Gasteiger partial charge in [0.05, 0.1) is 13.2 Å². The Morgan fingerprint density at radius 1 is 0.912 bits per heavy atom. The summed E-state index contributed by atoms with van der Waals surface area (Å²) in [4.78, 5) is 46.8. The molecule has 11 heteroatoms. The monoisotopic (exact) mass is 520 g/mol. The van der Waals surface area contributed by atoms with E-state index in [0.29, 0.717) is 12.2 Å². The zero-order chi connectivity index (χ0) is 25.7. The Morgan fingerprint density at radius 3 is 1.91 bits per heavy atom. The number of Topliss-reactive ketones (excluding diaryl/α,β-unsaturated/α-hetero) is 1. The van der Waals surface area contributed by atoms with Crippen LogP contribution in [0.15, 0.2) is 0 Å². The standard InChI is InChI=1S/C23H40N2O7S2/c1-5-15(4)24-16(22(28)29)12-33-19-6-7-20(19)34-13-17(23(30)31)25-21(27)9-11-32-10-8-18(26)14(2)3/h14-17,19-20,24H,5-13H2,1-4H3,(H,25,27)(H,28,29)(H,30,31). The first-order valence-corrected chi connectivity index (χ1v) is 14.0. The van der Waals surface area contributed by atoms with Gasteiger partial charge in [-0.2, -0.15) is 23.5 Å². The number of carboxylic acids is 2. The molecule has 1 fully saturated rings. The van der Waals surface area contributed by atoms with Crippen molar-refractivity contribution >= 4 is 47.2 Å². The molecule has 1 aliphatic rings. The van der Waals surface area contributed by atoms with Crippen LogP contribution in [0.3, 0.4) is 0 Å². The summed E-state index contributed by atoms with van der Waals surface area (Å²) in [5.41, 5.74) is 0. The molecule has 9 nitrogen and oxygen atoms in total. The number of thioether (sulfide) groups is 2. The van der Waals surface area contributed by atoms with Crippen LogP contribution in [0.2, 0.25) is 0 Å². The molecule has 1 rings (SSSR count). The van der Waals surface area contributed by atoms with E-state index >= 15 is 0 Å². The van der Waals surface area contributed by atoms with Crippen molar-refractivity contribution in [3.63, 3.8) is 0 Å². The summed E-state index contributed by atoms with van der Waals surface area (Å²) in [6.45, 7) is 7.99. The molecule has 1 amide bonds. The van der Waals surface area contributed by atoms with Crippen molar-refractivity contribution in [2.24, 2.45) is 5.92 Å². The lowest BCUT2D eigenvalue weighted by Gasteiger charge is -2.37. The molecule has 5 atom stereocenters. The van der Waals surface area contributed by atoms with Gasteiger partial charge in [0.1, 0.15) is 17.9 Å². The molecule has 0 aliphatic heterocycles. The first kappa shape index (κ1) is 30.7. The Hall–Kier alpha value is -1.30. The molecule has 0 spiro atoms. The Bertz CT molecular complexity index is 678. The van der Waals surface area contributed by atoms with Crippen molar-refractivity contribution < 1.29 is 34.1 Å². The molecular formula is C23H40N2O7S2. The van der Waals surface area contributed by atoms with E-state index in [1.807, 2.05) is 27.7 Å². The van der Waals surface area contributed by atoms with E-state index in [1.165, 1.54) is 11.8 Å². The summed E-state index contributed by atoms with van der Waals surface area (Å²) in [5.74, 6) is -1.58. The van der Waals surface area contributed by atoms with Crippen LogP contribution < -0.4 is 10.6 Å². The normalized spacial score (nSPS) is 20.3. The summed E-state index contributed by atoms with van der Waals surface area (Å²) in [7, 11) is 0. The van der Waals surface area contributed by atoms with Gasteiger partial charge in [-0.1, -0.05) is 20.8 Å². The second-order valence-electron chi connectivity index (χ2n) is 8.88. The average Bonchev–Trinajstić information content (AvgIpc) is 2.75. The van der Waals surface area contributed by atoms with Crippen LogP contribution in [-0.2, 0) is 23.9 Å². The van der Waals surface area contributed by atoms with Crippen LogP contribution in [0.1, 0.15) is 59.8 Å². The highest BCUT2D eigenvalue weighted by Gasteiger charge is 2.34. The molecule has 34 heavy (non-hydrogen) atoms.